The topological polar surface area (TPSA) is 85.8 Å². The fraction of sp³-hybridized carbons (Fsp3) is 0.233. The predicted molar refractivity (Wildman–Crippen MR) is 143 cm³/mol. The van der Waals surface area contributed by atoms with Gasteiger partial charge in [0.05, 0.1) is 24.3 Å². The van der Waals surface area contributed by atoms with Crippen molar-refractivity contribution >= 4 is 28.4 Å². The van der Waals surface area contributed by atoms with Crippen molar-refractivity contribution in [3.63, 3.8) is 0 Å². The minimum absolute atomic E-state index is 0.0590. The zero-order chi connectivity index (χ0) is 26.5. The van der Waals surface area contributed by atoms with Crippen LogP contribution in [0.5, 0.6) is 0 Å². The number of hydrogen-bond donors (Lipinski definition) is 0. The molecule has 37 heavy (non-hydrogen) atoms. The van der Waals surface area contributed by atoms with Gasteiger partial charge in [-0.25, -0.2) is 0 Å². The number of carbonyl (C=O) groups is 2. The Kier molecular flexibility index (Phi) is 7.84. The molecule has 0 fully saturated rings. The summed E-state index contributed by atoms with van der Waals surface area (Å²) in [5.74, 6) is -0.583. The van der Waals surface area contributed by atoms with Crippen LogP contribution >= 0.6 is 0 Å². The van der Waals surface area contributed by atoms with Crippen molar-refractivity contribution in [1.82, 2.24) is 4.58 Å². The van der Waals surface area contributed by atoms with Crippen LogP contribution < -0.4 is 20.1 Å². The molecule has 0 saturated heterocycles. The molecule has 0 N–H and O–H groups in total. The van der Waals surface area contributed by atoms with E-state index < -0.39 is 5.97 Å². The molecule has 0 atom stereocenters. The lowest BCUT2D eigenvalue weighted by atomic mass is 9.90. The van der Waals surface area contributed by atoms with E-state index in [4.69, 9.17) is 9.25 Å². The van der Waals surface area contributed by atoms with Gasteiger partial charge in [-0.3, -0.25) is 14.7 Å². The standard InChI is InChI=1S/C30H30N2O5/c1-5-31(6-2)21-12-14-25-27(18-21)37-28-19-22(32(7-3)36-17-16-20(4)33)13-15-26(28)29(25)23-10-8-9-11-24(23)30(34)35/h5,8-15,18-19H,1,6-7,16-17H2,2-4H3. The number of benzene rings is 3. The first-order valence-electron chi connectivity index (χ1n) is 12.3. The number of hydrogen-bond acceptors (Lipinski definition) is 6. The molecule has 1 aliphatic carbocycles. The molecule has 7 heteroatoms. The number of ketones is 1. The Labute approximate surface area is 215 Å². The Balaban J connectivity index is 2.00. The van der Waals surface area contributed by atoms with Crippen LogP contribution in [0.15, 0.2) is 77.9 Å². The lowest BCUT2D eigenvalue weighted by Crippen LogP contribution is -2.25. The summed E-state index contributed by atoms with van der Waals surface area (Å²) in [6.07, 6.45) is 2.08. The summed E-state index contributed by atoms with van der Waals surface area (Å²) < 4.78 is 8.40. The van der Waals surface area contributed by atoms with Crippen molar-refractivity contribution in [2.24, 2.45) is 0 Å². The zero-order valence-electron chi connectivity index (χ0n) is 21.3. The van der Waals surface area contributed by atoms with Gasteiger partial charge >= 0.3 is 0 Å². The average molecular weight is 499 g/mol. The van der Waals surface area contributed by atoms with Crippen molar-refractivity contribution in [2.45, 2.75) is 27.2 Å². The van der Waals surface area contributed by atoms with Crippen LogP contribution in [-0.4, -0.2) is 31.4 Å². The Morgan fingerprint density at radius 1 is 1.08 bits per heavy atom. The van der Waals surface area contributed by atoms with E-state index in [2.05, 4.69) is 6.58 Å². The van der Waals surface area contributed by atoms with Crippen LogP contribution in [-0.2, 0) is 9.63 Å². The fourth-order valence-electron chi connectivity index (χ4n) is 4.44. The van der Waals surface area contributed by atoms with Gasteiger partial charge in [-0.2, -0.15) is 4.58 Å². The van der Waals surface area contributed by atoms with Crippen molar-refractivity contribution in [3.05, 3.63) is 84.4 Å². The number of rotatable bonds is 10. The summed E-state index contributed by atoms with van der Waals surface area (Å²) in [7, 11) is 0. The predicted octanol–water partition coefficient (Wildman–Crippen LogP) is 4.24. The minimum Gasteiger partial charge on any atom is -0.545 e. The number of carbonyl (C=O) groups excluding carboxylic acids is 2. The van der Waals surface area contributed by atoms with Gasteiger partial charge in [0.2, 0.25) is 5.36 Å². The molecule has 2 aromatic carbocycles. The van der Waals surface area contributed by atoms with Crippen molar-refractivity contribution in [1.29, 1.82) is 0 Å². The van der Waals surface area contributed by atoms with E-state index in [1.165, 1.54) is 6.92 Å². The van der Waals surface area contributed by atoms with Crippen LogP contribution in [0.25, 0.3) is 33.4 Å². The number of anilines is 1. The Morgan fingerprint density at radius 2 is 1.86 bits per heavy atom. The lowest BCUT2D eigenvalue weighted by Gasteiger charge is -2.23. The zero-order valence-corrected chi connectivity index (χ0v) is 21.3. The molecule has 0 bridgehead atoms. The maximum absolute atomic E-state index is 12.0. The summed E-state index contributed by atoms with van der Waals surface area (Å²) in [6, 6.07) is 18.3. The molecule has 2 aromatic rings. The number of fused-ring (bicyclic) bond motifs is 2. The molecule has 1 aliphatic heterocycles. The normalized spacial score (nSPS) is 12.0. The molecule has 0 spiro atoms. The first kappa shape index (κ1) is 25.9. The van der Waals surface area contributed by atoms with Gasteiger partial charge in [0.1, 0.15) is 23.7 Å². The highest BCUT2D eigenvalue weighted by molar-refractivity contribution is 6.07. The van der Waals surface area contributed by atoms with Crippen LogP contribution in [0, 0.1) is 0 Å². The molecular formula is C30H30N2O5. The van der Waals surface area contributed by atoms with Gasteiger partial charge < -0.3 is 14.3 Å². The molecule has 2 aliphatic rings. The Morgan fingerprint density at radius 3 is 2.54 bits per heavy atom. The number of hydroxylamine groups is 1. The lowest BCUT2D eigenvalue weighted by molar-refractivity contribution is -0.254. The van der Waals surface area contributed by atoms with E-state index in [1.54, 1.807) is 29.5 Å². The summed E-state index contributed by atoms with van der Waals surface area (Å²) >= 11 is 0. The van der Waals surface area contributed by atoms with E-state index in [0.717, 1.165) is 34.1 Å². The molecule has 0 radical (unpaired) electrons. The molecule has 0 amide bonds. The highest BCUT2D eigenvalue weighted by Crippen LogP contribution is 2.41. The van der Waals surface area contributed by atoms with Gasteiger partial charge in [-0.05, 0) is 51.1 Å². The first-order valence-corrected chi connectivity index (χ1v) is 12.3. The Bertz CT molecular complexity index is 1520. The number of nitrogens with zero attached hydrogens (tertiary/aromatic N) is 2. The number of aromatic carboxylic acids is 1. The summed E-state index contributed by atoms with van der Waals surface area (Å²) in [5.41, 5.74) is 3.52. The fourth-order valence-corrected chi connectivity index (χ4v) is 4.44. The maximum Gasteiger partial charge on any atom is 0.208 e. The third kappa shape index (κ3) is 5.32. The quantitative estimate of drug-likeness (QED) is 0.185. The maximum atomic E-state index is 12.0. The van der Waals surface area contributed by atoms with Crippen molar-refractivity contribution in [3.8, 4) is 22.5 Å². The molecular weight excluding hydrogens is 468 g/mol. The number of carboxylic acid groups (broad SMARTS) is 1. The second kappa shape index (κ2) is 11.2. The number of carboxylic acids is 1. The first-order chi connectivity index (χ1) is 17.9. The molecule has 0 aromatic heterocycles. The third-order valence-electron chi connectivity index (χ3n) is 6.27. The van der Waals surface area contributed by atoms with E-state index in [-0.39, 0.29) is 18.0 Å². The van der Waals surface area contributed by atoms with Crippen LogP contribution in [0.4, 0.5) is 5.69 Å². The van der Waals surface area contributed by atoms with Gasteiger partial charge in [-0.15, -0.1) is 0 Å². The largest absolute Gasteiger partial charge is 0.545 e. The van der Waals surface area contributed by atoms with Crippen molar-refractivity contribution in [2.75, 3.05) is 24.8 Å². The highest BCUT2D eigenvalue weighted by Gasteiger charge is 2.21. The summed E-state index contributed by atoms with van der Waals surface area (Å²) in [4.78, 5) is 29.2. The molecule has 4 rings (SSSR count). The smallest absolute Gasteiger partial charge is 0.208 e. The molecule has 0 saturated carbocycles. The monoisotopic (exact) mass is 498 g/mol. The summed E-state index contributed by atoms with van der Waals surface area (Å²) in [5, 5.41) is 15.4. The highest BCUT2D eigenvalue weighted by atomic mass is 16.7. The van der Waals surface area contributed by atoms with E-state index in [0.29, 0.717) is 29.9 Å². The van der Waals surface area contributed by atoms with Crippen LogP contribution in [0.1, 0.15) is 37.6 Å². The Hall–Kier alpha value is -4.23. The minimum atomic E-state index is -1.24. The van der Waals surface area contributed by atoms with E-state index in [1.807, 2.05) is 60.9 Å². The number of Topliss-reactive ketones (excluding diaryl/α,β-unsaturated/α-hetero) is 1. The third-order valence-corrected chi connectivity index (χ3v) is 6.27. The van der Waals surface area contributed by atoms with Gasteiger partial charge in [0.25, 0.3) is 0 Å². The molecule has 1 heterocycles. The van der Waals surface area contributed by atoms with Gasteiger partial charge in [-0.1, -0.05) is 24.3 Å². The molecule has 7 nitrogen and oxygen atoms in total. The van der Waals surface area contributed by atoms with Crippen LogP contribution in [0.3, 0.4) is 0 Å². The van der Waals surface area contributed by atoms with Crippen molar-refractivity contribution < 1.29 is 24.0 Å². The van der Waals surface area contributed by atoms with E-state index in [9.17, 15) is 14.7 Å². The van der Waals surface area contributed by atoms with Gasteiger partial charge in [0.15, 0.2) is 6.20 Å². The van der Waals surface area contributed by atoms with Gasteiger partial charge in [0, 0.05) is 47.2 Å². The molecule has 190 valence electrons. The second-order valence-corrected chi connectivity index (χ2v) is 8.62. The average Bonchev–Trinajstić information content (AvgIpc) is 2.90. The molecule has 0 unspecified atom stereocenters. The van der Waals surface area contributed by atoms with Crippen LogP contribution in [0.2, 0.25) is 0 Å². The second-order valence-electron chi connectivity index (χ2n) is 8.62. The van der Waals surface area contributed by atoms with E-state index >= 15 is 0 Å². The SMILES string of the molecule is C=C[N+](CC)=c1ccc2c(-c3ccccc3C(=O)[O-])c3ccc(N(CC)OCCC(C)=O)cc3oc-2c1. The summed E-state index contributed by atoms with van der Waals surface area (Å²) in [6.45, 7) is 11.0.